The Bertz CT molecular complexity index is 1100. The highest BCUT2D eigenvalue weighted by molar-refractivity contribution is 5.81. The number of aliphatic carboxylic acids is 1. The van der Waals surface area contributed by atoms with Crippen molar-refractivity contribution in [2.75, 3.05) is 0 Å². The SMILES string of the molecule is Cc1cc2[nH]cnc2c(O[C@H](C(=O)O)C(C)(c2ccccc2)c2ccccc2)n1. The third kappa shape index (κ3) is 3.33. The van der Waals surface area contributed by atoms with Crippen molar-refractivity contribution in [3.8, 4) is 5.88 Å². The Hall–Kier alpha value is -3.67. The largest absolute Gasteiger partial charge is 0.478 e. The first-order valence-corrected chi connectivity index (χ1v) is 9.31. The van der Waals surface area contributed by atoms with Crippen LogP contribution in [0.4, 0.5) is 0 Å². The van der Waals surface area contributed by atoms with Gasteiger partial charge in [0.2, 0.25) is 12.0 Å². The van der Waals surface area contributed by atoms with E-state index in [0.717, 1.165) is 16.6 Å². The molecule has 0 aliphatic heterocycles. The summed E-state index contributed by atoms with van der Waals surface area (Å²) in [5.74, 6) is -0.876. The summed E-state index contributed by atoms with van der Waals surface area (Å²) in [6.07, 6.45) is 0.323. The molecule has 0 radical (unpaired) electrons. The molecule has 6 heteroatoms. The van der Waals surface area contributed by atoms with Gasteiger partial charge in [-0.3, -0.25) is 0 Å². The molecule has 2 N–H and O–H groups in total. The van der Waals surface area contributed by atoms with Crippen molar-refractivity contribution < 1.29 is 14.6 Å². The summed E-state index contributed by atoms with van der Waals surface area (Å²) in [4.78, 5) is 24.2. The maximum atomic E-state index is 12.5. The molecule has 0 bridgehead atoms. The minimum atomic E-state index is -1.22. The van der Waals surface area contributed by atoms with Gasteiger partial charge in [-0.05, 0) is 31.0 Å². The van der Waals surface area contributed by atoms with Crippen LogP contribution in [0.3, 0.4) is 0 Å². The number of nitrogens with zero attached hydrogens (tertiary/aromatic N) is 2. The summed E-state index contributed by atoms with van der Waals surface area (Å²) in [5, 5.41) is 10.2. The third-order valence-corrected chi connectivity index (χ3v) is 5.23. The molecular weight excluding hydrogens is 366 g/mol. The molecule has 2 aromatic carbocycles. The molecule has 6 nitrogen and oxygen atoms in total. The van der Waals surface area contributed by atoms with Crippen molar-refractivity contribution in [3.05, 3.63) is 89.9 Å². The fourth-order valence-electron chi connectivity index (χ4n) is 3.69. The van der Waals surface area contributed by atoms with E-state index in [1.807, 2.05) is 80.6 Å². The molecule has 2 heterocycles. The Labute approximate surface area is 168 Å². The molecule has 146 valence electrons. The van der Waals surface area contributed by atoms with Crippen LogP contribution in [0.1, 0.15) is 23.7 Å². The van der Waals surface area contributed by atoms with E-state index in [9.17, 15) is 9.90 Å². The highest BCUT2D eigenvalue weighted by atomic mass is 16.5. The number of carboxylic acid groups (broad SMARTS) is 1. The Balaban J connectivity index is 1.89. The summed E-state index contributed by atoms with van der Waals surface area (Å²) >= 11 is 0. The fourth-order valence-corrected chi connectivity index (χ4v) is 3.69. The fraction of sp³-hybridized carbons (Fsp3) is 0.174. The summed E-state index contributed by atoms with van der Waals surface area (Å²) in [6.45, 7) is 3.71. The van der Waals surface area contributed by atoms with Crippen molar-refractivity contribution in [1.29, 1.82) is 0 Å². The van der Waals surface area contributed by atoms with Crippen molar-refractivity contribution >= 4 is 17.0 Å². The van der Waals surface area contributed by atoms with E-state index >= 15 is 0 Å². The van der Waals surface area contributed by atoms with Crippen LogP contribution in [0.25, 0.3) is 11.0 Å². The zero-order valence-corrected chi connectivity index (χ0v) is 16.2. The molecule has 0 saturated carbocycles. The van der Waals surface area contributed by atoms with Gasteiger partial charge in [-0.1, -0.05) is 60.7 Å². The second kappa shape index (κ2) is 7.39. The number of carboxylic acids is 1. The number of aromatic amines is 1. The van der Waals surface area contributed by atoms with Gasteiger partial charge in [-0.15, -0.1) is 0 Å². The minimum Gasteiger partial charge on any atom is -0.478 e. The van der Waals surface area contributed by atoms with Crippen molar-refractivity contribution in [3.63, 3.8) is 0 Å². The number of fused-ring (bicyclic) bond motifs is 1. The summed E-state index contributed by atoms with van der Waals surface area (Å²) in [5.41, 5.74) is 2.68. The first-order chi connectivity index (χ1) is 14.0. The summed E-state index contributed by atoms with van der Waals surface area (Å²) in [7, 11) is 0. The van der Waals surface area contributed by atoms with Gasteiger partial charge in [0.15, 0.2) is 5.52 Å². The molecule has 29 heavy (non-hydrogen) atoms. The highest BCUT2D eigenvalue weighted by Crippen LogP contribution is 2.38. The van der Waals surface area contributed by atoms with Crippen LogP contribution in [0.2, 0.25) is 0 Å². The van der Waals surface area contributed by atoms with Crippen LogP contribution in [-0.2, 0) is 10.2 Å². The van der Waals surface area contributed by atoms with E-state index in [1.165, 1.54) is 0 Å². The lowest BCUT2D eigenvalue weighted by Gasteiger charge is -2.36. The molecule has 0 amide bonds. The molecule has 4 rings (SSSR count). The zero-order valence-electron chi connectivity index (χ0n) is 16.2. The maximum Gasteiger partial charge on any atom is 0.346 e. The van der Waals surface area contributed by atoms with Crippen LogP contribution >= 0.6 is 0 Å². The lowest BCUT2D eigenvalue weighted by atomic mass is 9.72. The molecule has 0 saturated heterocycles. The molecule has 0 aliphatic rings. The van der Waals surface area contributed by atoms with Gasteiger partial charge in [0.25, 0.3) is 0 Å². The molecular formula is C23H21N3O3. The Morgan fingerprint density at radius 2 is 1.66 bits per heavy atom. The minimum absolute atomic E-state index is 0.201. The standard InChI is InChI=1S/C23H21N3O3/c1-15-13-18-19(25-14-24-18)21(26-15)29-20(22(27)28)23(2,16-9-5-3-6-10-16)17-11-7-4-8-12-17/h3-14,20H,1-2H3,(H,24,25)(H,27,28)/t20-/m1/s1. The molecule has 0 fully saturated rings. The van der Waals surface area contributed by atoms with Crippen LogP contribution in [0.15, 0.2) is 73.1 Å². The summed E-state index contributed by atoms with van der Waals surface area (Å²) < 4.78 is 6.11. The van der Waals surface area contributed by atoms with Crippen LogP contribution in [0, 0.1) is 6.92 Å². The molecule has 4 aromatic rings. The number of aryl methyl sites for hydroxylation is 1. The molecule has 0 unspecified atom stereocenters. The second-order valence-electron chi connectivity index (χ2n) is 7.14. The smallest absolute Gasteiger partial charge is 0.346 e. The maximum absolute atomic E-state index is 12.5. The predicted octanol–water partition coefficient (Wildman–Crippen LogP) is 4.10. The molecule has 1 atom stereocenters. The van der Waals surface area contributed by atoms with E-state index in [1.54, 1.807) is 6.33 Å². The normalized spacial score (nSPS) is 12.6. The number of carbonyl (C=O) groups is 1. The lowest BCUT2D eigenvalue weighted by Crippen LogP contribution is -2.47. The average Bonchev–Trinajstić information content (AvgIpc) is 3.21. The van der Waals surface area contributed by atoms with Gasteiger partial charge < -0.3 is 14.8 Å². The number of hydrogen-bond acceptors (Lipinski definition) is 4. The number of hydrogen-bond donors (Lipinski definition) is 2. The Morgan fingerprint density at radius 1 is 1.07 bits per heavy atom. The van der Waals surface area contributed by atoms with Gasteiger partial charge in [0, 0.05) is 5.69 Å². The van der Waals surface area contributed by atoms with E-state index in [0.29, 0.717) is 11.2 Å². The number of nitrogens with one attached hydrogen (secondary N) is 1. The highest BCUT2D eigenvalue weighted by Gasteiger charge is 2.45. The van der Waals surface area contributed by atoms with E-state index in [4.69, 9.17) is 4.74 Å². The van der Waals surface area contributed by atoms with Gasteiger partial charge in [-0.25, -0.2) is 14.8 Å². The zero-order chi connectivity index (χ0) is 20.4. The van der Waals surface area contributed by atoms with E-state index in [2.05, 4.69) is 15.0 Å². The number of pyridine rings is 1. The average molecular weight is 387 g/mol. The second-order valence-corrected chi connectivity index (χ2v) is 7.14. The number of aromatic nitrogens is 3. The van der Waals surface area contributed by atoms with Crippen molar-refractivity contribution in [1.82, 2.24) is 15.0 Å². The Morgan fingerprint density at radius 3 is 2.21 bits per heavy atom. The van der Waals surface area contributed by atoms with Crippen LogP contribution < -0.4 is 4.74 Å². The van der Waals surface area contributed by atoms with E-state index < -0.39 is 17.5 Å². The predicted molar refractivity (Wildman–Crippen MR) is 110 cm³/mol. The number of imidazole rings is 1. The molecule has 0 spiro atoms. The summed E-state index contributed by atoms with van der Waals surface area (Å²) in [6, 6.07) is 20.9. The number of rotatable bonds is 6. The number of benzene rings is 2. The van der Waals surface area contributed by atoms with Crippen LogP contribution in [0.5, 0.6) is 5.88 Å². The first-order valence-electron chi connectivity index (χ1n) is 9.31. The van der Waals surface area contributed by atoms with Gasteiger partial charge in [0.1, 0.15) is 0 Å². The number of ether oxygens (including phenoxy) is 1. The molecule has 2 aromatic heterocycles. The molecule has 0 aliphatic carbocycles. The number of H-pyrrole nitrogens is 1. The quantitative estimate of drug-likeness (QED) is 0.520. The Kier molecular flexibility index (Phi) is 4.76. The van der Waals surface area contributed by atoms with Gasteiger partial charge in [-0.2, -0.15) is 0 Å². The van der Waals surface area contributed by atoms with Gasteiger partial charge >= 0.3 is 5.97 Å². The van der Waals surface area contributed by atoms with Crippen LogP contribution in [-0.4, -0.2) is 32.1 Å². The van der Waals surface area contributed by atoms with Crippen molar-refractivity contribution in [2.24, 2.45) is 0 Å². The first kappa shape index (κ1) is 18.7. The van der Waals surface area contributed by atoms with Crippen molar-refractivity contribution in [2.45, 2.75) is 25.4 Å². The monoisotopic (exact) mass is 387 g/mol. The topological polar surface area (TPSA) is 88.1 Å². The van der Waals surface area contributed by atoms with E-state index in [-0.39, 0.29) is 5.88 Å². The van der Waals surface area contributed by atoms with Gasteiger partial charge in [0.05, 0.1) is 17.3 Å². The third-order valence-electron chi connectivity index (χ3n) is 5.23. The lowest BCUT2D eigenvalue weighted by molar-refractivity contribution is -0.147.